The summed E-state index contributed by atoms with van der Waals surface area (Å²) in [6.07, 6.45) is -1.29. The Balaban J connectivity index is 2.66. The van der Waals surface area contributed by atoms with Crippen LogP contribution >= 0.6 is 11.8 Å². The van der Waals surface area contributed by atoms with E-state index in [9.17, 15) is 14.8 Å². The fourth-order valence-electron chi connectivity index (χ4n) is 1.92. The van der Waals surface area contributed by atoms with Crippen molar-refractivity contribution in [3.8, 4) is 0 Å². The van der Waals surface area contributed by atoms with Crippen LogP contribution in [0.1, 0.15) is 34.6 Å². The van der Waals surface area contributed by atoms with Gasteiger partial charge in [0.2, 0.25) is 0 Å². The molecule has 0 bridgehead atoms. The first kappa shape index (κ1) is 21.5. The smallest absolute Gasteiger partial charge is 0.408 e. The fraction of sp³-hybridized carbons (Fsp3) is 0.800. The number of rotatable bonds is 5. The van der Waals surface area contributed by atoms with E-state index in [0.717, 1.165) is 11.8 Å². The van der Waals surface area contributed by atoms with Gasteiger partial charge in [0, 0.05) is 5.75 Å². The normalized spacial score (nSPS) is 21.5. The standard InChI is InChI=1S/C15H26N2O7S/c1-14(2,3)24-13(19)16-9(12(18)21-6)8-25-11(17-20)10-7-22-15(4,5)23-10/h9-10,20H,7-8H2,1-6H3,(H,16,19)/b17-11-/t9-,10+/m0/s1. The topological polar surface area (TPSA) is 116 Å². The molecule has 0 aromatic carbocycles. The summed E-state index contributed by atoms with van der Waals surface area (Å²) >= 11 is 1.06. The summed E-state index contributed by atoms with van der Waals surface area (Å²) in [4.78, 5) is 23.7. The number of methoxy groups -OCH3 is 1. The molecule has 2 atom stereocenters. The van der Waals surface area contributed by atoms with Crippen LogP contribution in [0, 0.1) is 0 Å². The molecule has 0 unspecified atom stereocenters. The average Bonchev–Trinajstić information content (AvgIpc) is 2.84. The summed E-state index contributed by atoms with van der Waals surface area (Å²) in [7, 11) is 1.22. The van der Waals surface area contributed by atoms with Crippen LogP contribution in [0.25, 0.3) is 0 Å². The van der Waals surface area contributed by atoms with Crippen LogP contribution in [0.15, 0.2) is 5.16 Å². The predicted octanol–water partition coefficient (Wildman–Crippen LogP) is 1.73. The summed E-state index contributed by atoms with van der Waals surface area (Å²) < 4.78 is 20.8. The average molecular weight is 378 g/mol. The van der Waals surface area contributed by atoms with Crippen LogP contribution in [-0.4, -0.2) is 65.3 Å². The minimum atomic E-state index is -0.975. The molecule has 1 rings (SSSR count). The highest BCUT2D eigenvalue weighted by Crippen LogP contribution is 2.26. The number of hydrogen-bond acceptors (Lipinski definition) is 9. The van der Waals surface area contributed by atoms with Gasteiger partial charge in [0.05, 0.1) is 13.7 Å². The monoisotopic (exact) mass is 378 g/mol. The molecule has 0 spiro atoms. The second kappa shape index (κ2) is 8.72. The molecular formula is C15H26N2O7S. The molecule has 1 heterocycles. The maximum absolute atomic E-state index is 11.9. The van der Waals surface area contributed by atoms with Crippen molar-refractivity contribution in [3.05, 3.63) is 0 Å². The summed E-state index contributed by atoms with van der Waals surface area (Å²) in [5.74, 6) is -1.34. The van der Waals surface area contributed by atoms with Gasteiger partial charge in [-0.15, -0.1) is 11.8 Å². The number of nitrogens with zero attached hydrogens (tertiary/aromatic N) is 1. The Bertz CT molecular complexity index is 516. The lowest BCUT2D eigenvalue weighted by atomic mass is 10.2. The van der Waals surface area contributed by atoms with Gasteiger partial charge in [0.15, 0.2) is 5.79 Å². The van der Waals surface area contributed by atoms with Crippen LogP contribution in [0.3, 0.4) is 0 Å². The molecule has 9 nitrogen and oxygen atoms in total. The van der Waals surface area contributed by atoms with E-state index >= 15 is 0 Å². The maximum atomic E-state index is 11.9. The Hall–Kier alpha value is -1.52. The quantitative estimate of drug-likeness (QED) is 0.244. The van der Waals surface area contributed by atoms with Crippen LogP contribution < -0.4 is 5.32 Å². The first-order chi connectivity index (χ1) is 11.5. The van der Waals surface area contributed by atoms with Crippen molar-refractivity contribution in [2.45, 2.75) is 58.2 Å². The molecule has 1 aliphatic heterocycles. The minimum Gasteiger partial charge on any atom is -0.467 e. The second-order valence-corrected chi connectivity index (χ2v) is 7.83. The van der Waals surface area contributed by atoms with E-state index in [1.165, 1.54) is 7.11 Å². The molecule has 0 aliphatic carbocycles. The van der Waals surface area contributed by atoms with Crippen molar-refractivity contribution in [1.82, 2.24) is 5.32 Å². The van der Waals surface area contributed by atoms with E-state index in [-0.39, 0.29) is 17.4 Å². The molecule has 0 saturated carbocycles. The number of alkyl carbamates (subject to hydrolysis) is 1. The van der Waals surface area contributed by atoms with Crippen LogP contribution in [0.2, 0.25) is 0 Å². The second-order valence-electron chi connectivity index (χ2n) is 6.79. The van der Waals surface area contributed by atoms with Crippen molar-refractivity contribution < 1.29 is 33.7 Å². The number of amides is 1. The molecule has 2 N–H and O–H groups in total. The van der Waals surface area contributed by atoms with Gasteiger partial charge < -0.3 is 29.5 Å². The van der Waals surface area contributed by atoms with Gasteiger partial charge in [0.1, 0.15) is 22.8 Å². The van der Waals surface area contributed by atoms with E-state index in [4.69, 9.17) is 14.2 Å². The molecule has 25 heavy (non-hydrogen) atoms. The van der Waals surface area contributed by atoms with E-state index < -0.39 is 35.6 Å². The van der Waals surface area contributed by atoms with Crippen molar-refractivity contribution in [1.29, 1.82) is 0 Å². The first-order valence-electron chi connectivity index (χ1n) is 7.71. The molecule has 1 amide bonds. The third kappa shape index (κ3) is 7.49. The Morgan fingerprint density at radius 2 is 2.08 bits per heavy atom. The summed E-state index contributed by atoms with van der Waals surface area (Å²) in [5, 5.41) is 15.1. The van der Waals surface area contributed by atoms with Crippen LogP contribution in [0.4, 0.5) is 4.79 Å². The van der Waals surface area contributed by atoms with E-state index in [1.807, 2.05) is 0 Å². The minimum absolute atomic E-state index is 0.0750. The van der Waals surface area contributed by atoms with Crippen molar-refractivity contribution >= 4 is 28.9 Å². The molecular weight excluding hydrogens is 352 g/mol. The van der Waals surface area contributed by atoms with Gasteiger partial charge in [-0.2, -0.15) is 0 Å². The van der Waals surface area contributed by atoms with Gasteiger partial charge in [-0.25, -0.2) is 9.59 Å². The number of nitrogens with one attached hydrogen (secondary N) is 1. The Kier molecular flexibility index (Phi) is 7.51. The molecule has 0 radical (unpaired) electrons. The zero-order valence-corrected chi connectivity index (χ0v) is 16.1. The highest BCUT2D eigenvalue weighted by Gasteiger charge is 2.37. The SMILES string of the molecule is COC(=O)[C@H](CS/C(=N\O)[C@H]1COC(C)(C)O1)NC(=O)OC(C)(C)C. The van der Waals surface area contributed by atoms with Gasteiger partial charge >= 0.3 is 12.1 Å². The van der Waals surface area contributed by atoms with Crippen LogP contribution in [-0.2, 0) is 23.7 Å². The number of hydrogen-bond donors (Lipinski definition) is 2. The third-order valence-corrected chi connectivity index (χ3v) is 4.10. The van der Waals surface area contributed by atoms with Crippen molar-refractivity contribution in [2.75, 3.05) is 19.5 Å². The first-order valence-corrected chi connectivity index (χ1v) is 8.70. The lowest BCUT2D eigenvalue weighted by Gasteiger charge is -2.23. The predicted molar refractivity (Wildman–Crippen MR) is 91.8 cm³/mol. The van der Waals surface area contributed by atoms with Gasteiger partial charge in [-0.3, -0.25) is 0 Å². The van der Waals surface area contributed by atoms with Crippen LogP contribution in [0.5, 0.6) is 0 Å². The van der Waals surface area contributed by atoms with Crippen molar-refractivity contribution in [3.63, 3.8) is 0 Å². The largest absolute Gasteiger partial charge is 0.467 e. The summed E-state index contributed by atoms with van der Waals surface area (Å²) in [6, 6.07) is -0.975. The summed E-state index contributed by atoms with van der Waals surface area (Å²) in [6.45, 7) is 8.85. The number of esters is 1. The molecule has 0 aromatic heterocycles. The Morgan fingerprint density at radius 3 is 2.52 bits per heavy atom. The van der Waals surface area contributed by atoms with Gasteiger partial charge in [0.25, 0.3) is 0 Å². The molecule has 1 saturated heterocycles. The number of carbonyl (C=O) groups excluding carboxylic acids is 2. The lowest BCUT2D eigenvalue weighted by Crippen LogP contribution is -2.45. The highest BCUT2D eigenvalue weighted by atomic mass is 32.2. The molecule has 144 valence electrons. The number of carbonyl (C=O) groups is 2. The zero-order valence-electron chi connectivity index (χ0n) is 15.3. The van der Waals surface area contributed by atoms with E-state index in [2.05, 4.69) is 15.2 Å². The number of oxime groups is 1. The van der Waals surface area contributed by atoms with Crippen molar-refractivity contribution in [2.24, 2.45) is 5.16 Å². The Morgan fingerprint density at radius 1 is 1.44 bits per heavy atom. The lowest BCUT2D eigenvalue weighted by molar-refractivity contribution is -0.142. The molecule has 0 aromatic rings. The van der Waals surface area contributed by atoms with E-state index in [1.54, 1.807) is 34.6 Å². The van der Waals surface area contributed by atoms with Gasteiger partial charge in [-0.05, 0) is 34.6 Å². The number of thioether (sulfide) groups is 1. The number of ether oxygens (including phenoxy) is 4. The fourth-order valence-corrected chi connectivity index (χ4v) is 2.84. The third-order valence-electron chi connectivity index (χ3n) is 2.96. The Labute approximate surface area is 151 Å². The molecule has 1 fully saturated rings. The zero-order chi connectivity index (χ0) is 19.3. The molecule has 1 aliphatic rings. The van der Waals surface area contributed by atoms with Gasteiger partial charge in [-0.1, -0.05) is 5.16 Å². The molecule has 10 heteroatoms. The summed E-state index contributed by atoms with van der Waals surface area (Å²) in [5.41, 5.74) is -0.698. The maximum Gasteiger partial charge on any atom is 0.408 e. The highest BCUT2D eigenvalue weighted by molar-refractivity contribution is 8.14. The van der Waals surface area contributed by atoms with E-state index in [0.29, 0.717) is 0 Å².